The molecule has 1 aromatic rings. The van der Waals surface area contributed by atoms with Crippen molar-refractivity contribution in [2.45, 2.75) is 19.5 Å². The van der Waals surface area contributed by atoms with E-state index in [1.807, 2.05) is 13.1 Å². The zero-order valence-corrected chi connectivity index (χ0v) is 7.95. The van der Waals surface area contributed by atoms with E-state index in [0.29, 0.717) is 6.04 Å². The van der Waals surface area contributed by atoms with Crippen molar-refractivity contribution in [2.24, 2.45) is 0 Å². The average Bonchev–Trinajstić information content (AvgIpc) is 2.32. The van der Waals surface area contributed by atoms with Gasteiger partial charge >= 0.3 is 0 Å². The number of aryl methyl sites for hydroxylation is 1. The van der Waals surface area contributed by atoms with Crippen LogP contribution in [0.3, 0.4) is 0 Å². The molecular formula is C8H13N3S. The monoisotopic (exact) mass is 183 g/mol. The Morgan fingerprint density at radius 1 is 1.75 bits per heavy atom. The van der Waals surface area contributed by atoms with Crippen LogP contribution in [0.4, 0.5) is 0 Å². The summed E-state index contributed by atoms with van der Waals surface area (Å²) in [6.07, 6.45) is 1.96. The molecule has 0 aliphatic carbocycles. The smallest absolute Gasteiger partial charge is 0.0897 e. The highest BCUT2D eigenvalue weighted by Crippen LogP contribution is 2.11. The van der Waals surface area contributed by atoms with Crippen molar-refractivity contribution >= 4 is 11.3 Å². The first kappa shape index (κ1) is 8.16. The number of rotatable bonds is 3. The van der Waals surface area contributed by atoms with Gasteiger partial charge in [0.05, 0.1) is 5.01 Å². The van der Waals surface area contributed by atoms with Crippen LogP contribution in [-0.4, -0.2) is 24.1 Å². The van der Waals surface area contributed by atoms with E-state index >= 15 is 0 Å². The van der Waals surface area contributed by atoms with E-state index in [1.165, 1.54) is 4.88 Å². The second-order valence-corrected chi connectivity index (χ2v) is 4.40. The summed E-state index contributed by atoms with van der Waals surface area (Å²) in [5.74, 6) is 0. The van der Waals surface area contributed by atoms with E-state index in [0.717, 1.165) is 24.6 Å². The second-order valence-electron chi connectivity index (χ2n) is 3.08. The van der Waals surface area contributed by atoms with Crippen LogP contribution in [0.15, 0.2) is 6.20 Å². The van der Waals surface area contributed by atoms with Crippen molar-refractivity contribution in [3.8, 4) is 0 Å². The van der Waals surface area contributed by atoms with E-state index < -0.39 is 0 Å². The van der Waals surface area contributed by atoms with Crippen LogP contribution in [0.5, 0.6) is 0 Å². The van der Waals surface area contributed by atoms with Crippen LogP contribution >= 0.6 is 11.3 Å². The molecule has 0 amide bonds. The van der Waals surface area contributed by atoms with E-state index in [2.05, 4.69) is 15.6 Å². The molecule has 2 N–H and O–H groups in total. The fourth-order valence-corrected chi connectivity index (χ4v) is 1.91. The number of thiazole rings is 1. The molecule has 1 aromatic heterocycles. The molecule has 0 aromatic carbocycles. The Hall–Kier alpha value is -0.450. The average molecular weight is 183 g/mol. The van der Waals surface area contributed by atoms with Gasteiger partial charge in [0.2, 0.25) is 0 Å². The predicted octanol–water partition coefficient (Wildman–Crippen LogP) is 0.513. The first-order valence-corrected chi connectivity index (χ1v) is 5.01. The minimum Gasteiger partial charge on any atom is -0.314 e. The van der Waals surface area contributed by atoms with Crippen molar-refractivity contribution in [1.29, 1.82) is 0 Å². The van der Waals surface area contributed by atoms with Gasteiger partial charge in [0.25, 0.3) is 0 Å². The van der Waals surface area contributed by atoms with Gasteiger partial charge in [-0.05, 0) is 6.92 Å². The highest BCUT2D eigenvalue weighted by atomic mass is 32.1. The molecule has 66 valence electrons. The highest BCUT2D eigenvalue weighted by molar-refractivity contribution is 7.11. The molecule has 1 fully saturated rings. The number of nitrogens with one attached hydrogen (secondary N) is 2. The van der Waals surface area contributed by atoms with Crippen molar-refractivity contribution in [3.63, 3.8) is 0 Å². The van der Waals surface area contributed by atoms with Gasteiger partial charge in [0.15, 0.2) is 0 Å². The third kappa shape index (κ3) is 1.83. The number of nitrogens with zero attached hydrogens (tertiary/aromatic N) is 1. The maximum absolute atomic E-state index is 4.20. The van der Waals surface area contributed by atoms with Gasteiger partial charge < -0.3 is 10.6 Å². The molecule has 2 rings (SSSR count). The standard InChI is InChI=1S/C8H13N3S/c1-6-10-4-8(12-6)5-11-7-2-9-3-7/h4,7,9,11H,2-3,5H2,1H3. The molecular weight excluding hydrogens is 170 g/mol. The third-order valence-corrected chi connectivity index (χ3v) is 2.93. The Balaban J connectivity index is 1.79. The number of hydrogen-bond donors (Lipinski definition) is 2. The van der Waals surface area contributed by atoms with Crippen LogP contribution in [0.2, 0.25) is 0 Å². The second kappa shape index (κ2) is 3.51. The SMILES string of the molecule is Cc1ncc(CNC2CNC2)s1. The highest BCUT2D eigenvalue weighted by Gasteiger charge is 2.15. The largest absolute Gasteiger partial charge is 0.314 e. The van der Waals surface area contributed by atoms with Crippen LogP contribution in [0, 0.1) is 6.92 Å². The van der Waals surface area contributed by atoms with Crippen molar-refractivity contribution in [2.75, 3.05) is 13.1 Å². The maximum Gasteiger partial charge on any atom is 0.0897 e. The molecule has 0 atom stereocenters. The lowest BCUT2D eigenvalue weighted by Gasteiger charge is -2.27. The Morgan fingerprint density at radius 3 is 3.08 bits per heavy atom. The van der Waals surface area contributed by atoms with E-state index in [9.17, 15) is 0 Å². The molecule has 0 spiro atoms. The Bertz CT molecular complexity index is 255. The van der Waals surface area contributed by atoms with Gasteiger partial charge in [-0.1, -0.05) is 0 Å². The van der Waals surface area contributed by atoms with Crippen LogP contribution in [0.25, 0.3) is 0 Å². The minimum absolute atomic E-state index is 0.674. The molecule has 1 aliphatic heterocycles. The van der Waals surface area contributed by atoms with E-state index in [-0.39, 0.29) is 0 Å². The van der Waals surface area contributed by atoms with Crippen LogP contribution < -0.4 is 10.6 Å². The maximum atomic E-state index is 4.20. The Morgan fingerprint density at radius 2 is 2.58 bits per heavy atom. The van der Waals surface area contributed by atoms with E-state index in [4.69, 9.17) is 0 Å². The molecule has 2 heterocycles. The number of aromatic nitrogens is 1. The molecule has 1 aliphatic rings. The van der Waals surface area contributed by atoms with Gasteiger partial charge in [-0.3, -0.25) is 0 Å². The summed E-state index contributed by atoms with van der Waals surface area (Å²) in [5.41, 5.74) is 0. The first-order valence-electron chi connectivity index (χ1n) is 4.20. The predicted molar refractivity (Wildman–Crippen MR) is 50.3 cm³/mol. The molecule has 0 radical (unpaired) electrons. The third-order valence-electron chi connectivity index (χ3n) is 2.02. The zero-order chi connectivity index (χ0) is 8.39. The fraction of sp³-hybridized carbons (Fsp3) is 0.625. The number of hydrogen-bond acceptors (Lipinski definition) is 4. The molecule has 0 unspecified atom stereocenters. The Kier molecular flexibility index (Phi) is 2.39. The van der Waals surface area contributed by atoms with Gasteiger partial charge in [0.1, 0.15) is 0 Å². The Labute approximate surface area is 76.2 Å². The molecule has 3 nitrogen and oxygen atoms in total. The summed E-state index contributed by atoms with van der Waals surface area (Å²) in [4.78, 5) is 5.53. The topological polar surface area (TPSA) is 37.0 Å². The normalized spacial score (nSPS) is 17.8. The minimum atomic E-state index is 0.674. The summed E-state index contributed by atoms with van der Waals surface area (Å²) >= 11 is 1.77. The summed E-state index contributed by atoms with van der Waals surface area (Å²) in [6.45, 7) is 5.23. The van der Waals surface area contributed by atoms with Crippen molar-refractivity contribution in [1.82, 2.24) is 15.6 Å². The molecule has 0 saturated carbocycles. The van der Waals surface area contributed by atoms with Gasteiger partial charge in [-0.25, -0.2) is 4.98 Å². The molecule has 0 bridgehead atoms. The van der Waals surface area contributed by atoms with Crippen molar-refractivity contribution in [3.05, 3.63) is 16.1 Å². The van der Waals surface area contributed by atoms with Gasteiger partial charge in [0, 0.05) is 36.8 Å². The summed E-state index contributed by atoms with van der Waals surface area (Å²) in [5, 5.41) is 7.84. The van der Waals surface area contributed by atoms with Crippen LogP contribution in [-0.2, 0) is 6.54 Å². The van der Waals surface area contributed by atoms with Gasteiger partial charge in [-0.15, -0.1) is 11.3 Å². The lowest BCUT2D eigenvalue weighted by Crippen LogP contribution is -2.54. The summed E-state index contributed by atoms with van der Waals surface area (Å²) < 4.78 is 0. The molecule has 1 saturated heterocycles. The fourth-order valence-electron chi connectivity index (χ4n) is 1.16. The summed E-state index contributed by atoms with van der Waals surface area (Å²) in [6, 6.07) is 0.674. The lowest BCUT2D eigenvalue weighted by molar-refractivity contribution is 0.366. The molecule has 12 heavy (non-hydrogen) atoms. The van der Waals surface area contributed by atoms with E-state index in [1.54, 1.807) is 11.3 Å². The summed E-state index contributed by atoms with van der Waals surface area (Å²) in [7, 11) is 0. The lowest BCUT2D eigenvalue weighted by atomic mass is 10.2. The quantitative estimate of drug-likeness (QED) is 0.717. The zero-order valence-electron chi connectivity index (χ0n) is 7.13. The molecule has 4 heteroatoms. The first-order chi connectivity index (χ1) is 5.84. The van der Waals surface area contributed by atoms with Crippen molar-refractivity contribution < 1.29 is 0 Å². The van der Waals surface area contributed by atoms with Crippen LogP contribution in [0.1, 0.15) is 9.88 Å². The van der Waals surface area contributed by atoms with Gasteiger partial charge in [-0.2, -0.15) is 0 Å².